The predicted molar refractivity (Wildman–Crippen MR) is 141 cm³/mol. The fraction of sp³-hybridized carbons (Fsp3) is 0.308. The Kier molecular flexibility index (Phi) is 8.94. The lowest BCUT2D eigenvalue weighted by atomic mass is 10.1. The fourth-order valence-corrected chi connectivity index (χ4v) is 4.68. The van der Waals surface area contributed by atoms with E-state index in [1.54, 1.807) is 30.0 Å². The predicted octanol–water partition coefficient (Wildman–Crippen LogP) is 3.15. The molecule has 2 aliphatic rings. The van der Waals surface area contributed by atoms with Gasteiger partial charge < -0.3 is 19.1 Å². The number of imide groups is 1. The highest BCUT2D eigenvalue weighted by Gasteiger charge is 2.36. The standard InChI is InChI=1S/C26H25N3O9S/c1-2-37-22-13-17(3-8-21(22)38-16-24(31)27-9-11-36-12-10-27)14-23-25(32)28(26(33)39-23)15-20(30)18-4-6-19(7-5-18)29(34)35/h3-8,13-14H,2,9-12,15-16H2,1H3/b23-14-. The molecule has 2 saturated heterocycles. The summed E-state index contributed by atoms with van der Waals surface area (Å²) in [4.78, 5) is 63.2. The number of Topliss-reactive ketones (excluding diaryl/α,β-unsaturated/α-hetero) is 1. The van der Waals surface area contributed by atoms with E-state index in [0.717, 1.165) is 4.90 Å². The number of nitro groups is 1. The summed E-state index contributed by atoms with van der Waals surface area (Å²) in [5.41, 5.74) is 0.525. The van der Waals surface area contributed by atoms with Crippen molar-refractivity contribution in [2.75, 3.05) is 46.1 Å². The van der Waals surface area contributed by atoms with Gasteiger partial charge in [-0.15, -0.1) is 0 Å². The number of nitro benzene ring substituents is 1. The third kappa shape index (κ3) is 6.81. The van der Waals surface area contributed by atoms with Crippen molar-refractivity contribution in [3.63, 3.8) is 0 Å². The van der Waals surface area contributed by atoms with Gasteiger partial charge in [0.1, 0.15) is 0 Å². The van der Waals surface area contributed by atoms with E-state index in [1.165, 1.54) is 30.3 Å². The maximum atomic E-state index is 12.9. The number of nitrogens with zero attached hydrogens (tertiary/aromatic N) is 3. The molecule has 0 aromatic heterocycles. The number of rotatable bonds is 10. The first kappa shape index (κ1) is 27.8. The summed E-state index contributed by atoms with van der Waals surface area (Å²) in [6.07, 6.45) is 1.51. The average Bonchev–Trinajstić information content (AvgIpc) is 3.20. The number of thioether (sulfide) groups is 1. The number of ether oxygens (including phenoxy) is 3. The third-order valence-electron chi connectivity index (χ3n) is 5.86. The number of morpholine rings is 1. The number of non-ortho nitro benzene ring substituents is 1. The Morgan fingerprint density at radius 2 is 1.79 bits per heavy atom. The van der Waals surface area contributed by atoms with E-state index in [9.17, 15) is 29.3 Å². The van der Waals surface area contributed by atoms with Gasteiger partial charge in [-0.3, -0.25) is 34.2 Å². The molecule has 0 saturated carbocycles. The maximum absolute atomic E-state index is 12.9. The first-order valence-corrected chi connectivity index (χ1v) is 12.9. The Balaban J connectivity index is 1.43. The summed E-state index contributed by atoms with van der Waals surface area (Å²) in [5.74, 6) is -0.595. The molecule has 2 heterocycles. The summed E-state index contributed by atoms with van der Waals surface area (Å²) in [7, 11) is 0. The summed E-state index contributed by atoms with van der Waals surface area (Å²) < 4.78 is 16.6. The number of carbonyl (C=O) groups excluding carboxylic acids is 4. The molecule has 204 valence electrons. The molecule has 0 unspecified atom stereocenters. The monoisotopic (exact) mass is 555 g/mol. The minimum Gasteiger partial charge on any atom is -0.490 e. The van der Waals surface area contributed by atoms with E-state index in [-0.39, 0.29) is 28.7 Å². The molecule has 3 amide bonds. The van der Waals surface area contributed by atoms with E-state index in [2.05, 4.69) is 0 Å². The lowest BCUT2D eigenvalue weighted by Gasteiger charge is -2.26. The van der Waals surface area contributed by atoms with Gasteiger partial charge in [-0.25, -0.2) is 0 Å². The number of benzene rings is 2. The molecular weight excluding hydrogens is 530 g/mol. The van der Waals surface area contributed by atoms with Crippen molar-refractivity contribution in [1.82, 2.24) is 9.80 Å². The highest BCUT2D eigenvalue weighted by atomic mass is 32.2. The quantitative estimate of drug-likeness (QED) is 0.185. The van der Waals surface area contributed by atoms with Gasteiger partial charge in [-0.05, 0) is 54.6 Å². The lowest BCUT2D eigenvalue weighted by molar-refractivity contribution is -0.384. The summed E-state index contributed by atoms with van der Waals surface area (Å²) in [5, 5.41) is 10.2. The first-order valence-electron chi connectivity index (χ1n) is 12.0. The smallest absolute Gasteiger partial charge is 0.293 e. The van der Waals surface area contributed by atoms with Gasteiger partial charge >= 0.3 is 0 Å². The number of carbonyl (C=O) groups is 4. The Morgan fingerprint density at radius 1 is 1.08 bits per heavy atom. The van der Waals surface area contributed by atoms with Crippen LogP contribution in [0.3, 0.4) is 0 Å². The van der Waals surface area contributed by atoms with Crippen molar-refractivity contribution in [3.8, 4) is 11.5 Å². The molecule has 0 atom stereocenters. The van der Waals surface area contributed by atoms with E-state index >= 15 is 0 Å². The van der Waals surface area contributed by atoms with Crippen LogP contribution >= 0.6 is 11.8 Å². The lowest BCUT2D eigenvalue weighted by Crippen LogP contribution is -2.43. The fourth-order valence-electron chi connectivity index (χ4n) is 3.84. The molecule has 0 N–H and O–H groups in total. The molecule has 4 rings (SSSR count). The van der Waals surface area contributed by atoms with E-state index in [4.69, 9.17) is 14.2 Å². The second-order valence-corrected chi connectivity index (χ2v) is 9.41. The largest absolute Gasteiger partial charge is 0.490 e. The van der Waals surface area contributed by atoms with Crippen LogP contribution in [0.2, 0.25) is 0 Å². The van der Waals surface area contributed by atoms with Crippen molar-refractivity contribution < 1.29 is 38.3 Å². The SMILES string of the molecule is CCOc1cc(/C=C2\SC(=O)N(CC(=O)c3ccc([N+](=O)[O-])cc3)C2=O)ccc1OCC(=O)N1CCOCC1. The molecule has 12 nitrogen and oxygen atoms in total. The van der Waals surface area contributed by atoms with Crippen LogP contribution in [0.5, 0.6) is 11.5 Å². The number of amides is 3. The summed E-state index contributed by atoms with van der Waals surface area (Å²) in [6.45, 7) is 3.46. The van der Waals surface area contributed by atoms with Crippen LogP contribution in [-0.2, 0) is 14.3 Å². The number of hydrogen-bond donors (Lipinski definition) is 0. The van der Waals surface area contributed by atoms with Crippen LogP contribution in [0.4, 0.5) is 10.5 Å². The van der Waals surface area contributed by atoms with Crippen LogP contribution in [0.1, 0.15) is 22.8 Å². The Bertz CT molecular complexity index is 1320. The molecule has 0 spiro atoms. The highest BCUT2D eigenvalue weighted by Crippen LogP contribution is 2.35. The molecule has 2 fully saturated rings. The minimum absolute atomic E-state index is 0.120. The molecule has 0 radical (unpaired) electrons. The highest BCUT2D eigenvalue weighted by molar-refractivity contribution is 8.18. The van der Waals surface area contributed by atoms with E-state index < -0.39 is 28.4 Å². The molecule has 2 aromatic carbocycles. The van der Waals surface area contributed by atoms with Crippen molar-refractivity contribution in [2.24, 2.45) is 0 Å². The molecular formula is C26H25N3O9S. The molecule has 2 aliphatic heterocycles. The number of hydrogen-bond acceptors (Lipinski definition) is 10. The van der Waals surface area contributed by atoms with Gasteiger partial charge in [0.15, 0.2) is 23.9 Å². The zero-order valence-electron chi connectivity index (χ0n) is 21.0. The first-order chi connectivity index (χ1) is 18.8. The van der Waals surface area contributed by atoms with Gasteiger partial charge in [-0.2, -0.15) is 0 Å². The average molecular weight is 556 g/mol. The molecule has 2 aromatic rings. The van der Waals surface area contributed by atoms with Crippen LogP contribution in [0.15, 0.2) is 47.4 Å². The van der Waals surface area contributed by atoms with Gasteiger partial charge in [-0.1, -0.05) is 6.07 Å². The molecule has 13 heteroatoms. The van der Waals surface area contributed by atoms with Gasteiger partial charge in [0.2, 0.25) is 0 Å². The normalized spacial score (nSPS) is 16.5. The van der Waals surface area contributed by atoms with Crippen LogP contribution in [-0.4, -0.2) is 83.6 Å². The van der Waals surface area contributed by atoms with Crippen LogP contribution in [0.25, 0.3) is 6.08 Å². The minimum atomic E-state index is -0.630. The maximum Gasteiger partial charge on any atom is 0.293 e. The second kappa shape index (κ2) is 12.5. The zero-order valence-corrected chi connectivity index (χ0v) is 21.8. The van der Waals surface area contributed by atoms with Crippen molar-refractivity contribution in [2.45, 2.75) is 6.92 Å². The second-order valence-electron chi connectivity index (χ2n) is 8.42. The van der Waals surface area contributed by atoms with Gasteiger partial charge in [0.25, 0.3) is 22.7 Å². The Labute approximate surface area is 227 Å². The third-order valence-corrected chi connectivity index (χ3v) is 6.76. The topological polar surface area (TPSA) is 146 Å². The van der Waals surface area contributed by atoms with Gasteiger partial charge in [0, 0.05) is 30.8 Å². The molecule has 39 heavy (non-hydrogen) atoms. The zero-order chi connectivity index (χ0) is 27.9. The summed E-state index contributed by atoms with van der Waals surface area (Å²) in [6, 6.07) is 9.84. The van der Waals surface area contributed by atoms with Crippen molar-refractivity contribution in [3.05, 3.63) is 68.6 Å². The molecule has 0 aliphatic carbocycles. The van der Waals surface area contributed by atoms with Crippen molar-refractivity contribution in [1.29, 1.82) is 0 Å². The summed E-state index contributed by atoms with van der Waals surface area (Å²) >= 11 is 0.698. The van der Waals surface area contributed by atoms with E-state index in [0.29, 0.717) is 61.7 Å². The van der Waals surface area contributed by atoms with E-state index in [1.807, 2.05) is 0 Å². The van der Waals surface area contributed by atoms with Crippen LogP contribution < -0.4 is 9.47 Å². The number of ketones is 1. The Hall–Kier alpha value is -4.23. The Morgan fingerprint density at radius 3 is 2.46 bits per heavy atom. The van der Waals surface area contributed by atoms with Crippen LogP contribution in [0, 0.1) is 10.1 Å². The van der Waals surface area contributed by atoms with Gasteiger partial charge in [0.05, 0.1) is 36.2 Å². The molecule has 0 bridgehead atoms. The van der Waals surface area contributed by atoms with Crippen molar-refractivity contribution >= 4 is 46.4 Å².